The number of nitro groups is 1. The minimum absolute atomic E-state index is 0.0984. The third kappa shape index (κ3) is 2.75. The second kappa shape index (κ2) is 4.52. The largest absolute Gasteiger partial charge is 0.388 e. The van der Waals surface area contributed by atoms with Crippen LogP contribution in [0.4, 0.5) is 5.69 Å². The third-order valence-corrected chi connectivity index (χ3v) is 1.89. The lowest BCUT2D eigenvalue weighted by Gasteiger charge is -2.08. The lowest BCUT2D eigenvalue weighted by molar-refractivity contribution is -0.386. The lowest BCUT2D eigenvalue weighted by atomic mass is 10.0. The molecule has 0 aliphatic rings. The van der Waals surface area contributed by atoms with Gasteiger partial charge >= 0.3 is 0 Å². The number of aliphatic hydroxyl groups is 1. The van der Waals surface area contributed by atoms with E-state index in [9.17, 15) is 20.0 Å². The van der Waals surface area contributed by atoms with Crippen molar-refractivity contribution in [2.45, 2.75) is 12.5 Å². The Hall–Kier alpha value is -1.95. The molecule has 1 atom stereocenters. The number of primary amides is 1. The number of nitrogens with two attached hydrogens (primary N) is 1. The fourth-order valence-corrected chi connectivity index (χ4v) is 1.24. The Bertz CT molecular complexity index is 391. The Kier molecular flexibility index (Phi) is 3.35. The molecule has 1 amide bonds. The molecule has 6 heteroatoms. The summed E-state index contributed by atoms with van der Waals surface area (Å²) in [6.07, 6.45) is -1.56. The number of nitrogens with zero attached hydrogens (tertiary/aromatic N) is 1. The number of rotatable bonds is 4. The van der Waals surface area contributed by atoms with Crippen molar-refractivity contribution in [1.29, 1.82) is 0 Å². The maximum absolute atomic E-state index is 10.6. The summed E-state index contributed by atoms with van der Waals surface area (Å²) in [6.45, 7) is 0. The maximum atomic E-state index is 10.6. The van der Waals surface area contributed by atoms with Crippen molar-refractivity contribution in [3.63, 3.8) is 0 Å². The van der Waals surface area contributed by atoms with Gasteiger partial charge in [0.2, 0.25) is 5.91 Å². The molecule has 1 aromatic rings. The molecular weight excluding hydrogens is 200 g/mol. The standard InChI is InChI=1S/C9H10N2O4/c10-9(13)5-8(12)6-3-1-2-4-7(6)11(14)15/h1-4,8,12H,5H2,(H2,10,13)/t8-/m0/s1. The van der Waals surface area contributed by atoms with Gasteiger partial charge in [0.15, 0.2) is 0 Å². The van der Waals surface area contributed by atoms with Crippen LogP contribution in [0.1, 0.15) is 18.1 Å². The van der Waals surface area contributed by atoms with Crippen molar-refractivity contribution < 1.29 is 14.8 Å². The first-order chi connectivity index (χ1) is 7.02. The number of aliphatic hydroxyl groups excluding tert-OH is 1. The van der Waals surface area contributed by atoms with Crippen LogP contribution in [0.3, 0.4) is 0 Å². The van der Waals surface area contributed by atoms with Crippen LogP contribution in [-0.4, -0.2) is 15.9 Å². The number of hydrogen-bond donors (Lipinski definition) is 2. The SMILES string of the molecule is NC(=O)C[C@H](O)c1ccccc1[N+](=O)[O-]. The molecule has 0 aliphatic heterocycles. The van der Waals surface area contributed by atoms with E-state index < -0.39 is 16.9 Å². The van der Waals surface area contributed by atoms with Crippen molar-refractivity contribution in [3.8, 4) is 0 Å². The minimum Gasteiger partial charge on any atom is -0.388 e. The Morgan fingerprint density at radius 1 is 1.53 bits per heavy atom. The average molecular weight is 210 g/mol. The van der Waals surface area contributed by atoms with Crippen molar-refractivity contribution in [2.24, 2.45) is 5.73 Å². The highest BCUT2D eigenvalue weighted by Crippen LogP contribution is 2.26. The van der Waals surface area contributed by atoms with Crippen LogP contribution in [-0.2, 0) is 4.79 Å². The van der Waals surface area contributed by atoms with Crippen molar-refractivity contribution in [1.82, 2.24) is 0 Å². The molecule has 1 aromatic carbocycles. The van der Waals surface area contributed by atoms with Gasteiger partial charge in [0, 0.05) is 6.07 Å². The Morgan fingerprint density at radius 3 is 2.67 bits per heavy atom. The Morgan fingerprint density at radius 2 is 2.13 bits per heavy atom. The zero-order chi connectivity index (χ0) is 11.4. The summed E-state index contributed by atoms with van der Waals surface area (Å²) in [5.74, 6) is -0.708. The van der Waals surface area contributed by atoms with E-state index in [0.29, 0.717) is 0 Å². The Balaban J connectivity index is 3.02. The zero-order valence-electron chi connectivity index (χ0n) is 7.79. The van der Waals surface area contributed by atoms with Gasteiger partial charge in [-0.2, -0.15) is 0 Å². The highest BCUT2D eigenvalue weighted by Gasteiger charge is 2.20. The minimum atomic E-state index is -1.23. The van der Waals surface area contributed by atoms with Crippen LogP contribution in [0.25, 0.3) is 0 Å². The molecule has 3 N–H and O–H groups in total. The van der Waals surface area contributed by atoms with E-state index in [1.807, 2.05) is 0 Å². The zero-order valence-corrected chi connectivity index (χ0v) is 7.79. The van der Waals surface area contributed by atoms with E-state index in [2.05, 4.69) is 0 Å². The molecule has 0 saturated heterocycles. The molecule has 0 unspecified atom stereocenters. The van der Waals surface area contributed by atoms with E-state index in [1.54, 1.807) is 6.07 Å². The summed E-state index contributed by atoms with van der Waals surface area (Å²) in [7, 11) is 0. The first-order valence-corrected chi connectivity index (χ1v) is 4.22. The molecule has 0 aliphatic carbocycles. The number of nitro benzene ring substituents is 1. The summed E-state index contributed by atoms with van der Waals surface area (Å²) >= 11 is 0. The number of carbonyl (C=O) groups is 1. The topological polar surface area (TPSA) is 106 Å². The van der Waals surface area contributed by atoms with Gasteiger partial charge in [-0.15, -0.1) is 0 Å². The van der Waals surface area contributed by atoms with Crippen LogP contribution in [0.15, 0.2) is 24.3 Å². The first-order valence-electron chi connectivity index (χ1n) is 4.22. The van der Waals surface area contributed by atoms with E-state index in [4.69, 9.17) is 5.73 Å². The monoisotopic (exact) mass is 210 g/mol. The summed E-state index contributed by atoms with van der Waals surface area (Å²) in [5, 5.41) is 20.1. The molecule has 6 nitrogen and oxygen atoms in total. The molecule has 0 bridgehead atoms. The predicted octanol–water partition coefficient (Wildman–Crippen LogP) is 0.504. The smallest absolute Gasteiger partial charge is 0.275 e. The number of hydrogen-bond acceptors (Lipinski definition) is 4. The number of para-hydroxylation sites is 1. The molecule has 0 aromatic heterocycles. The van der Waals surface area contributed by atoms with E-state index in [-0.39, 0.29) is 17.7 Å². The summed E-state index contributed by atoms with van der Waals surface area (Å²) in [6, 6.07) is 5.69. The molecule has 0 saturated carbocycles. The molecule has 1 rings (SSSR count). The van der Waals surface area contributed by atoms with Crippen LogP contribution in [0.2, 0.25) is 0 Å². The van der Waals surface area contributed by atoms with Gasteiger partial charge in [-0.25, -0.2) is 0 Å². The lowest BCUT2D eigenvalue weighted by Crippen LogP contribution is -2.15. The van der Waals surface area contributed by atoms with E-state index in [1.165, 1.54) is 18.2 Å². The van der Waals surface area contributed by atoms with Gasteiger partial charge in [-0.3, -0.25) is 14.9 Å². The molecule has 15 heavy (non-hydrogen) atoms. The van der Waals surface area contributed by atoms with Gasteiger partial charge in [0.05, 0.1) is 23.0 Å². The molecule has 0 fully saturated rings. The van der Waals surface area contributed by atoms with Crippen LogP contribution < -0.4 is 5.73 Å². The highest BCUT2D eigenvalue weighted by molar-refractivity contribution is 5.74. The van der Waals surface area contributed by atoms with Gasteiger partial charge in [0.1, 0.15) is 0 Å². The van der Waals surface area contributed by atoms with E-state index >= 15 is 0 Å². The molecular formula is C9H10N2O4. The molecule has 80 valence electrons. The van der Waals surface area contributed by atoms with E-state index in [0.717, 1.165) is 0 Å². The van der Waals surface area contributed by atoms with Gasteiger partial charge in [-0.05, 0) is 6.07 Å². The summed E-state index contributed by atoms with van der Waals surface area (Å²) in [5.41, 5.74) is 4.77. The van der Waals surface area contributed by atoms with Crippen molar-refractivity contribution in [3.05, 3.63) is 39.9 Å². The number of benzene rings is 1. The first kappa shape index (κ1) is 11.1. The van der Waals surface area contributed by atoms with Gasteiger partial charge in [-0.1, -0.05) is 12.1 Å². The van der Waals surface area contributed by atoms with Crippen LogP contribution in [0.5, 0.6) is 0 Å². The number of amides is 1. The summed E-state index contributed by atoms with van der Waals surface area (Å²) < 4.78 is 0. The maximum Gasteiger partial charge on any atom is 0.275 e. The summed E-state index contributed by atoms with van der Waals surface area (Å²) in [4.78, 5) is 20.5. The predicted molar refractivity (Wildman–Crippen MR) is 51.9 cm³/mol. The fraction of sp³-hybridized carbons (Fsp3) is 0.222. The van der Waals surface area contributed by atoms with Gasteiger partial charge in [0.25, 0.3) is 5.69 Å². The van der Waals surface area contributed by atoms with Gasteiger partial charge < -0.3 is 10.8 Å². The second-order valence-electron chi connectivity index (χ2n) is 3.00. The third-order valence-electron chi connectivity index (χ3n) is 1.89. The van der Waals surface area contributed by atoms with Crippen LogP contribution >= 0.6 is 0 Å². The highest BCUT2D eigenvalue weighted by atomic mass is 16.6. The Labute approximate surface area is 85.5 Å². The normalized spacial score (nSPS) is 12.1. The second-order valence-corrected chi connectivity index (χ2v) is 3.00. The molecule has 0 heterocycles. The molecule has 0 radical (unpaired) electrons. The van der Waals surface area contributed by atoms with Crippen LogP contribution in [0, 0.1) is 10.1 Å². The fourth-order valence-electron chi connectivity index (χ4n) is 1.24. The van der Waals surface area contributed by atoms with Crippen molar-refractivity contribution >= 4 is 11.6 Å². The average Bonchev–Trinajstić information content (AvgIpc) is 2.16. The molecule has 0 spiro atoms. The van der Waals surface area contributed by atoms with Crippen molar-refractivity contribution in [2.75, 3.05) is 0 Å². The quantitative estimate of drug-likeness (QED) is 0.557. The number of carbonyl (C=O) groups excluding carboxylic acids is 1.